The molecule has 0 aliphatic heterocycles. The van der Waals surface area contributed by atoms with E-state index in [2.05, 4.69) is 26.1 Å². The molecule has 1 N–H and O–H groups in total. The van der Waals surface area contributed by atoms with Crippen molar-refractivity contribution in [3.05, 3.63) is 29.8 Å². The normalized spacial score (nSPS) is 10.5. The summed E-state index contributed by atoms with van der Waals surface area (Å²) < 4.78 is 5.43. The second kappa shape index (κ2) is 8.93. The van der Waals surface area contributed by atoms with Crippen molar-refractivity contribution in [1.82, 2.24) is 10.2 Å². The van der Waals surface area contributed by atoms with E-state index in [1.807, 2.05) is 26.2 Å². The van der Waals surface area contributed by atoms with E-state index in [-0.39, 0.29) is 5.91 Å². The van der Waals surface area contributed by atoms with Gasteiger partial charge in [-0.25, -0.2) is 0 Å². The summed E-state index contributed by atoms with van der Waals surface area (Å²) in [6, 6.07) is 7.20. The maximum absolute atomic E-state index is 11.8. The number of amides is 1. The molecule has 4 nitrogen and oxygen atoms in total. The third kappa shape index (κ3) is 6.59. The number of nitrogens with one attached hydrogen (secondary N) is 1. The number of halogens is 1. The van der Waals surface area contributed by atoms with Gasteiger partial charge in [0.25, 0.3) is 5.91 Å². The van der Waals surface area contributed by atoms with Crippen LogP contribution >= 0.6 is 15.9 Å². The summed E-state index contributed by atoms with van der Waals surface area (Å²) in [5, 5.41) is 3.70. The molecule has 0 heterocycles. The van der Waals surface area contributed by atoms with E-state index < -0.39 is 0 Å². The van der Waals surface area contributed by atoms with Gasteiger partial charge in [0, 0.05) is 17.4 Å². The predicted octanol–water partition coefficient (Wildman–Crippen LogP) is 2.14. The van der Waals surface area contributed by atoms with Crippen molar-refractivity contribution < 1.29 is 9.53 Å². The number of rotatable bonds is 8. The minimum absolute atomic E-state index is 0.0363. The summed E-state index contributed by atoms with van der Waals surface area (Å²) in [5.74, 6) is 0.745. The van der Waals surface area contributed by atoms with E-state index in [0.29, 0.717) is 18.7 Å². The summed E-state index contributed by atoms with van der Waals surface area (Å²) in [4.78, 5) is 13.9. The first kappa shape index (κ1) is 16.0. The molecule has 0 radical (unpaired) electrons. The lowest BCUT2D eigenvalue weighted by atomic mass is 10.2. The number of ether oxygens (including phenoxy) is 1. The van der Waals surface area contributed by atoms with Gasteiger partial charge in [0.05, 0.1) is 6.61 Å². The average molecular weight is 329 g/mol. The zero-order valence-electron chi connectivity index (χ0n) is 11.5. The number of hydrogen-bond donors (Lipinski definition) is 1. The monoisotopic (exact) mass is 328 g/mol. The zero-order chi connectivity index (χ0) is 14.1. The average Bonchev–Trinajstić information content (AvgIpc) is 2.41. The van der Waals surface area contributed by atoms with Crippen LogP contribution in [0, 0.1) is 0 Å². The summed E-state index contributed by atoms with van der Waals surface area (Å²) in [6.45, 7) is 2.29. The molecule has 0 saturated carbocycles. The fourth-order valence-electron chi connectivity index (χ4n) is 1.56. The predicted molar refractivity (Wildman–Crippen MR) is 81.2 cm³/mol. The third-order valence-corrected chi connectivity index (χ3v) is 2.85. The fourth-order valence-corrected chi connectivity index (χ4v) is 1.72. The Morgan fingerprint density at radius 2 is 2.00 bits per heavy atom. The highest BCUT2D eigenvalue weighted by Gasteiger charge is 2.04. The quantitative estimate of drug-likeness (QED) is 0.587. The standard InChI is InChI=1S/C14H21BrN2O2/c1-17(2)10-3-9-16-14(18)12-4-6-13(7-5-12)19-11-8-15/h4-7H,3,8-11H2,1-2H3,(H,16,18). The Bertz CT molecular complexity index is 380. The summed E-state index contributed by atoms with van der Waals surface area (Å²) in [7, 11) is 4.04. The van der Waals surface area contributed by atoms with Gasteiger partial charge in [0.1, 0.15) is 5.75 Å². The van der Waals surface area contributed by atoms with E-state index in [4.69, 9.17) is 4.74 Å². The van der Waals surface area contributed by atoms with Gasteiger partial charge in [0.15, 0.2) is 0 Å². The molecular weight excluding hydrogens is 308 g/mol. The lowest BCUT2D eigenvalue weighted by Gasteiger charge is -2.10. The first-order chi connectivity index (χ1) is 9.13. The number of hydrogen-bond acceptors (Lipinski definition) is 3. The van der Waals surface area contributed by atoms with Crippen LogP contribution in [0.5, 0.6) is 5.75 Å². The Morgan fingerprint density at radius 3 is 2.58 bits per heavy atom. The maximum Gasteiger partial charge on any atom is 0.251 e. The minimum Gasteiger partial charge on any atom is -0.493 e. The smallest absolute Gasteiger partial charge is 0.251 e. The van der Waals surface area contributed by atoms with Crippen LogP contribution in [-0.2, 0) is 0 Å². The lowest BCUT2D eigenvalue weighted by Crippen LogP contribution is -2.27. The van der Waals surface area contributed by atoms with Gasteiger partial charge < -0.3 is 15.0 Å². The second-order valence-electron chi connectivity index (χ2n) is 4.47. The molecule has 1 amide bonds. The highest BCUT2D eigenvalue weighted by molar-refractivity contribution is 9.09. The van der Waals surface area contributed by atoms with Crippen LogP contribution in [0.15, 0.2) is 24.3 Å². The minimum atomic E-state index is -0.0363. The van der Waals surface area contributed by atoms with Gasteiger partial charge in [-0.3, -0.25) is 4.79 Å². The first-order valence-electron chi connectivity index (χ1n) is 6.35. The van der Waals surface area contributed by atoms with Crippen LogP contribution in [0.1, 0.15) is 16.8 Å². The Hall–Kier alpha value is -1.07. The molecule has 0 aliphatic carbocycles. The van der Waals surface area contributed by atoms with Crippen molar-refractivity contribution in [3.63, 3.8) is 0 Å². The SMILES string of the molecule is CN(C)CCCNC(=O)c1ccc(OCCBr)cc1. The lowest BCUT2D eigenvalue weighted by molar-refractivity contribution is 0.0952. The number of alkyl halides is 1. The Balaban J connectivity index is 2.36. The zero-order valence-corrected chi connectivity index (χ0v) is 13.1. The molecule has 1 aromatic rings. The van der Waals surface area contributed by atoms with Crippen LogP contribution in [0.4, 0.5) is 0 Å². The van der Waals surface area contributed by atoms with Gasteiger partial charge in [0.2, 0.25) is 0 Å². The van der Waals surface area contributed by atoms with Crippen molar-refractivity contribution in [2.45, 2.75) is 6.42 Å². The molecule has 0 saturated heterocycles. The van der Waals surface area contributed by atoms with Crippen LogP contribution in [0.2, 0.25) is 0 Å². The molecule has 0 bridgehead atoms. The molecule has 0 unspecified atom stereocenters. The topological polar surface area (TPSA) is 41.6 Å². The molecular formula is C14H21BrN2O2. The Labute approximate surface area is 123 Å². The van der Waals surface area contributed by atoms with Crippen molar-refractivity contribution in [1.29, 1.82) is 0 Å². The second-order valence-corrected chi connectivity index (χ2v) is 5.27. The van der Waals surface area contributed by atoms with Crippen molar-refractivity contribution >= 4 is 21.8 Å². The number of carbonyl (C=O) groups is 1. The van der Waals surface area contributed by atoms with Gasteiger partial charge in [-0.2, -0.15) is 0 Å². The van der Waals surface area contributed by atoms with Crippen LogP contribution in [-0.4, -0.2) is 49.9 Å². The van der Waals surface area contributed by atoms with E-state index >= 15 is 0 Å². The third-order valence-electron chi connectivity index (χ3n) is 2.53. The van der Waals surface area contributed by atoms with Gasteiger partial charge in [-0.05, 0) is 51.3 Å². The van der Waals surface area contributed by atoms with Gasteiger partial charge in [-0.15, -0.1) is 0 Å². The number of carbonyl (C=O) groups excluding carboxylic acids is 1. The summed E-state index contributed by atoms with van der Waals surface area (Å²) in [5.41, 5.74) is 0.663. The van der Waals surface area contributed by atoms with Crippen molar-refractivity contribution in [3.8, 4) is 5.75 Å². The molecule has 1 rings (SSSR count). The largest absolute Gasteiger partial charge is 0.493 e. The molecule has 0 spiro atoms. The Morgan fingerprint density at radius 1 is 1.32 bits per heavy atom. The number of benzene rings is 1. The molecule has 106 valence electrons. The molecule has 1 aromatic carbocycles. The van der Waals surface area contributed by atoms with E-state index in [0.717, 1.165) is 24.0 Å². The van der Waals surface area contributed by atoms with Crippen LogP contribution in [0.25, 0.3) is 0 Å². The Kier molecular flexibility index (Phi) is 7.52. The van der Waals surface area contributed by atoms with Crippen molar-refractivity contribution in [2.24, 2.45) is 0 Å². The first-order valence-corrected chi connectivity index (χ1v) is 7.47. The van der Waals surface area contributed by atoms with Crippen molar-refractivity contribution in [2.75, 3.05) is 39.1 Å². The maximum atomic E-state index is 11.8. The molecule has 0 fully saturated rings. The summed E-state index contributed by atoms with van der Waals surface area (Å²) in [6.07, 6.45) is 0.950. The molecule has 0 aromatic heterocycles. The van der Waals surface area contributed by atoms with Crippen LogP contribution in [0.3, 0.4) is 0 Å². The van der Waals surface area contributed by atoms with E-state index in [1.165, 1.54) is 0 Å². The molecule has 0 atom stereocenters. The van der Waals surface area contributed by atoms with Gasteiger partial charge >= 0.3 is 0 Å². The fraction of sp³-hybridized carbons (Fsp3) is 0.500. The summed E-state index contributed by atoms with van der Waals surface area (Å²) >= 11 is 3.30. The molecule has 0 aliphatic rings. The van der Waals surface area contributed by atoms with E-state index in [9.17, 15) is 4.79 Å². The van der Waals surface area contributed by atoms with Gasteiger partial charge in [-0.1, -0.05) is 15.9 Å². The van der Waals surface area contributed by atoms with Crippen LogP contribution < -0.4 is 10.1 Å². The molecule has 19 heavy (non-hydrogen) atoms. The number of nitrogens with zero attached hydrogens (tertiary/aromatic N) is 1. The highest BCUT2D eigenvalue weighted by atomic mass is 79.9. The van der Waals surface area contributed by atoms with E-state index in [1.54, 1.807) is 12.1 Å². The highest BCUT2D eigenvalue weighted by Crippen LogP contribution is 2.12. The molecule has 5 heteroatoms.